The van der Waals surface area contributed by atoms with Crippen LogP contribution in [0.3, 0.4) is 0 Å². The Bertz CT molecular complexity index is 432. The molecule has 0 N–H and O–H groups in total. The fraction of sp³-hybridized carbons (Fsp3) is 0.333. The molecule has 0 unspecified atom stereocenters. The van der Waals surface area contributed by atoms with Gasteiger partial charge in [0.15, 0.2) is 0 Å². The number of ketones is 1. The molecule has 0 amide bonds. The molecule has 0 radical (unpaired) electrons. The predicted octanol–water partition coefficient (Wildman–Crippen LogP) is 2.51. The predicted molar refractivity (Wildman–Crippen MR) is 64.9 cm³/mol. The molecule has 0 atom stereocenters. The molecule has 1 rings (SSSR count). The fourth-order valence-electron chi connectivity index (χ4n) is 1.36. The SMILES string of the molecule is CCOC(=O)c1cc(F)cc(CC(=O)CBr)c1. The molecule has 17 heavy (non-hydrogen) atoms. The van der Waals surface area contributed by atoms with E-state index in [9.17, 15) is 14.0 Å². The number of carbonyl (C=O) groups is 2. The second kappa shape index (κ2) is 6.49. The Labute approximate surface area is 107 Å². The molecular formula is C12H12BrFO3. The topological polar surface area (TPSA) is 43.4 Å². The van der Waals surface area contributed by atoms with Crippen LogP contribution >= 0.6 is 15.9 Å². The van der Waals surface area contributed by atoms with Gasteiger partial charge in [0.25, 0.3) is 0 Å². The Kier molecular flexibility index (Phi) is 5.28. The van der Waals surface area contributed by atoms with E-state index in [1.807, 2.05) is 0 Å². The Morgan fingerprint density at radius 1 is 1.35 bits per heavy atom. The van der Waals surface area contributed by atoms with Gasteiger partial charge in [0.1, 0.15) is 11.6 Å². The van der Waals surface area contributed by atoms with Gasteiger partial charge in [-0.25, -0.2) is 9.18 Å². The molecule has 0 aromatic heterocycles. The Balaban J connectivity index is 2.93. The van der Waals surface area contributed by atoms with Crippen LogP contribution in [0, 0.1) is 5.82 Å². The minimum Gasteiger partial charge on any atom is -0.462 e. The quantitative estimate of drug-likeness (QED) is 0.620. The summed E-state index contributed by atoms with van der Waals surface area (Å²) in [6.07, 6.45) is 0.0927. The van der Waals surface area contributed by atoms with Gasteiger partial charge in [-0.3, -0.25) is 4.79 Å². The maximum atomic E-state index is 13.3. The van der Waals surface area contributed by atoms with Crippen molar-refractivity contribution in [3.05, 3.63) is 35.1 Å². The number of Topliss-reactive ketones (excluding diaryl/α,β-unsaturated/α-hetero) is 1. The van der Waals surface area contributed by atoms with Crippen LogP contribution in [0.15, 0.2) is 18.2 Å². The van der Waals surface area contributed by atoms with Crippen LogP contribution in [0.25, 0.3) is 0 Å². The summed E-state index contributed by atoms with van der Waals surface area (Å²) in [5, 5.41) is 0.207. The maximum absolute atomic E-state index is 13.3. The van der Waals surface area contributed by atoms with Gasteiger partial charge in [-0.2, -0.15) is 0 Å². The van der Waals surface area contributed by atoms with Crippen molar-refractivity contribution in [2.45, 2.75) is 13.3 Å². The number of alkyl halides is 1. The minimum atomic E-state index is -0.584. The first-order chi connectivity index (χ1) is 8.06. The lowest BCUT2D eigenvalue weighted by Gasteiger charge is -2.05. The number of hydrogen-bond donors (Lipinski definition) is 0. The molecule has 0 bridgehead atoms. The van der Waals surface area contributed by atoms with E-state index in [0.29, 0.717) is 5.56 Å². The average Bonchev–Trinajstić information content (AvgIpc) is 2.28. The van der Waals surface area contributed by atoms with Gasteiger partial charge in [0.2, 0.25) is 0 Å². The number of halogens is 2. The van der Waals surface area contributed by atoms with Crippen LogP contribution in [-0.4, -0.2) is 23.7 Å². The first-order valence-corrected chi connectivity index (χ1v) is 6.23. The molecule has 0 spiro atoms. The largest absolute Gasteiger partial charge is 0.462 e. The monoisotopic (exact) mass is 302 g/mol. The zero-order valence-corrected chi connectivity index (χ0v) is 10.9. The van der Waals surface area contributed by atoms with Crippen molar-refractivity contribution in [1.29, 1.82) is 0 Å². The highest BCUT2D eigenvalue weighted by Gasteiger charge is 2.11. The van der Waals surface area contributed by atoms with E-state index in [-0.39, 0.29) is 29.7 Å². The lowest BCUT2D eigenvalue weighted by Crippen LogP contribution is -2.08. The highest BCUT2D eigenvalue weighted by atomic mass is 79.9. The third-order valence-electron chi connectivity index (χ3n) is 2.02. The molecule has 0 aliphatic carbocycles. The molecule has 0 saturated heterocycles. The Morgan fingerprint density at radius 3 is 2.65 bits per heavy atom. The number of ether oxygens (including phenoxy) is 1. The van der Waals surface area contributed by atoms with Crippen LogP contribution in [0.4, 0.5) is 4.39 Å². The third-order valence-corrected chi connectivity index (χ3v) is 2.64. The van der Waals surface area contributed by atoms with E-state index in [1.54, 1.807) is 6.92 Å². The van der Waals surface area contributed by atoms with Crippen molar-refractivity contribution in [1.82, 2.24) is 0 Å². The van der Waals surface area contributed by atoms with Gasteiger partial charge in [-0.15, -0.1) is 0 Å². The molecule has 0 fully saturated rings. The second-order valence-electron chi connectivity index (χ2n) is 3.42. The van der Waals surface area contributed by atoms with E-state index in [1.165, 1.54) is 12.1 Å². The molecule has 0 aliphatic heterocycles. The van der Waals surface area contributed by atoms with Crippen molar-refractivity contribution >= 4 is 27.7 Å². The van der Waals surface area contributed by atoms with Crippen molar-refractivity contribution < 1.29 is 18.7 Å². The second-order valence-corrected chi connectivity index (χ2v) is 3.98. The molecular weight excluding hydrogens is 291 g/mol. The highest BCUT2D eigenvalue weighted by molar-refractivity contribution is 9.09. The summed E-state index contributed by atoms with van der Waals surface area (Å²) < 4.78 is 18.0. The summed E-state index contributed by atoms with van der Waals surface area (Å²) in [7, 11) is 0. The van der Waals surface area contributed by atoms with E-state index < -0.39 is 11.8 Å². The van der Waals surface area contributed by atoms with E-state index in [2.05, 4.69) is 15.9 Å². The number of hydrogen-bond acceptors (Lipinski definition) is 3. The summed E-state index contributed by atoms with van der Waals surface area (Å²) in [5.74, 6) is -1.21. The van der Waals surface area contributed by atoms with Crippen LogP contribution in [-0.2, 0) is 16.0 Å². The van der Waals surface area contributed by atoms with Crippen LogP contribution in [0.5, 0.6) is 0 Å². The van der Waals surface area contributed by atoms with Gasteiger partial charge in [0.05, 0.1) is 17.5 Å². The van der Waals surface area contributed by atoms with Crippen LogP contribution in [0.2, 0.25) is 0 Å². The van der Waals surface area contributed by atoms with Gasteiger partial charge in [-0.05, 0) is 30.7 Å². The number of carbonyl (C=O) groups excluding carboxylic acids is 2. The van der Waals surface area contributed by atoms with Gasteiger partial charge < -0.3 is 4.74 Å². The van der Waals surface area contributed by atoms with E-state index >= 15 is 0 Å². The lowest BCUT2D eigenvalue weighted by molar-refractivity contribution is -0.115. The fourth-order valence-corrected chi connectivity index (χ4v) is 1.56. The first kappa shape index (κ1) is 13.8. The van der Waals surface area contributed by atoms with Crippen molar-refractivity contribution in [2.24, 2.45) is 0 Å². The summed E-state index contributed by atoms with van der Waals surface area (Å²) in [4.78, 5) is 22.6. The smallest absolute Gasteiger partial charge is 0.338 e. The van der Waals surface area contributed by atoms with Crippen molar-refractivity contribution in [3.63, 3.8) is 0 Å². The first-order valence-electron chi connectivity index (χ1n) is 5.11. The Morgan fingerprint density at radius 2 is 2.06 bits per heavy atom. The molecule has 92 valence electrons. The zero-order valence-electron chi connectivity index (χ0n) is 9.33. The number of rotatable bonds is 5. The standard InChI is InChI=1S/C12H12BrFO3/c1-2-17-12(16)9-3-8(4-10(14)6-9)5-11(15)7-13/h3-4,6H,2,5,7H2,1H3. The summed E-state index contributed by atoms with van der Waals surface area (Å²) in [5.41, 5.74) is 0.599. The summed E-state index contributed by atoms with van der Waals surface area (Å²) >= 11 is 3.03. The van der Waals surface area contributed by atoms with Crippen LogP contribution in [0.1, 0.15) is 22.8 Å². The van der Waals surface area contributed by atoms with Gasteiger partial charge >= 0.3 is 5.97 Å². The van der Waals surface area contributed by atoms with E-state index in [0.717, 1.165) is 6.07 Å². The molecule has 5 heteroatoms. The third kappa shape index (κ3) is 4.26. The molecule has 1 aromatic rings. The van der Waals surface area contributed by atoms with Gasteiger partial charge in [-0.1, -0.05) is 15.9 Å². The zero-order chi connectivity index (χ0) is 12.8. The highest BCUT2D eigenvalue weighted by Crippen LogP contribution is 2.12. The molecule has 0 aliphatic rings. The maximum Gasteiger partial charge on any atom is 0.338 e. The molecule has 1 aromatic carbocycles. The molecule has 0 saturated carbocycles. The van der Waals surface area contributed by atoms with Crippen molar-refractivity contribution in [3.8, 4) is 0 Å². The van der Waals surface area contributed by atoms with E-state index in [4.69, 9.17) is 4.74 Å². The Hall–Kier alpha value is -1.23. The summed E-state index contributed by atoms with van der Waals surface area (Å²) in [6, 6.07) is 3.81. The molecule has 3 nitrogen and oxygen atoms in total. The average molecular weight is 303 g/mol. The van der Waals surface area contributed by atoms with Crippen molar-refractivity contribution in [2.75, 3.05) is 11.9 Å². The number of benzene rings is 1. The normalized spacial score (nSPS) is 10.1. The lowest BCUT2D eigenvalue weighted by atomic mass is 10.1. The summed E-state index contributed by atoms with van der Waals surface area (Å²) in [6.45, 7) is 1.90. The van der Waals surface area contributed by atoms with Gasteiger partial charge in [0, 0.05) is 6.42 Å². The molecule has 0 heterocycles. The number of esters is 1. The van der Waals surface area contributed by atoms with Crippen LogP contribution < -0.4 is 0 Å². The minimum absolute atomic E-state index is 0.0783.